The van der Waals surface area contributed by atoms with Gasteiger partial charge in [-0.1, -0.05) is 17.7 Å². The highest BCUT2D eigenvalue weighted by molar-refractivity contribution is 6.31. The lowest BCUT2D eigenvalue weighted by atomic mass is 10.2. The zero-order valence-electron chi connectivity index (χ0n) is 15.3. The summed E-state index contributed by atoms with van der Waals surface area (Å²) in [5, 5.41) is 3.33. The number of methoxy groups -OCH3 is 1. The third-order valence-electron chi connectivity index (χ3n) is 4.33. The monoisotopic (exact) mass is 388 g/mol. The molecule has 0 spiro atoms. The van der Waals surface area contributed by atoms with Gasteiger partial charge < -0.3 is 19.7 Å². The summed E-state index contributed by atoms with van der Waals surface area (Å²) in [5.74, 6) is 0.794. The molecule has 0 bridgehead atoms. The van der Waals surface area contributed by atoms with E-state index in [2.05, 4.69) is 5.32 Å². The van der Waals surface area contributed by atoms with Crippen LogP contribution in [0.1, 0.15) is 18.4 Å². The molecular formula is C20H21ClN2O4. The summed E-state index contributed by atoms with van der Waals surface area (Å²) in [7, 11) is 1.51. The van der Waals surface area contributed by atoms with Crippen molar-refractivity contribution in [3.05, 3.63) is 47.0 Å². The summed E-state index contributed by atoms with van der Waals surface area (Å²) in [5.41, 5.74) is 2.14. The Kier molecular flexibility index (Phi) is 5.86. The summed E-state index contributed by atoms with van der Waals surface area (Å²) in [6.07, 6.45) is 1.42. The van der Waals surface area contributed by atoms with Crippen molar-refractivity contribution in [1.29, 1.82) is 0 Å². The lowest BCUT2D eigenvalue weighted by Crippen LogP contribution is -2.24. The minimum absolute atomic E-state index is 0.107. The fourth-order valence-corrected chi connectivity index (χ4v) is 3.08. The molecular weight excluding hydrogens is 368 g/mol. The van der Waals surface area contributed by atoms with Gasteiger partial charge in [0.1, 0.15) is 11.5 Å². The van der Waals surface area contributed by atoms with Crippen LogP contribution in [0.4, 0.5) is 11.4 Å². The van der Waals surface area contributed by atoms with Gasteiger partial charge in [0.25, 0.3) is 5.91 Å². The number of benzene rings is 2. The van der Waals surface area contributed by atoms with E-state index in [0.29, 0.717) is 35.2 Å². The molecule has 0 atom stereocenters. The Morgan fingerprint density at radius 2 is 2.11 bits per heavy atom. The van der Waals surface area contributed by atoms with Gasteiger partial charge in [-0.2, -0.15) is 0 Å². The van der Waals surface area contributed by atoms with Gasteiger partial charge in [0.15, 0.2) is 6.61 Å². The van der Waals surface area contributed by atoms with Crippen LogP contribution in [0, 0.1) is 6.92 Å². The maximum Gasteiger partial charge on any atom is 0.262 e. The van der Waals surface area contributed by atoms with Crippen molar-refractivity contribution in [3.8, 4) is 11.5 Å². The number of ether oxygens (including phenoxy) is 2. The molecule has 6 nitrogen and oxygen atoms in total. The van der Waals surface area contributed by atoms with Gasteiger partial charge >= 0.3 is 0 Å². The summed E-state index contributed by atoms with van der Waals surface area (Å²) >= 11 is 6.08. The first-order valence-corrected chi connectivity index (χ1v) is 9.03. The van der Waals surface area contributed by atoms with E-state index in [1.54, 1.807) is 35.2 Å². The second kappa shape index (κ2) is 8.31. The SMILES string of the molecule is COc1cc(Cl)c(C)cc1NC(=O)COc1cccc(N2CCCC2=O)c1. The molecule has 7 heteroatoms. The standard InChI is InChI=1S/C20H21ClN2O4/c1-13-9-17(18(26-2)11-16(13)21)22-19(24)12-27-15-6-3-5-14(10-15)23-8-4-7-20(23)25/h3,5-6,9-11H,4,7-8,12H2,1-2H3,(H,22,24). The van der Waals surface area contributed by atoms with Crippen LogP contribution in [0.2, 0.25) is 5.02 Å². The predicted octanol–water partition coefficient (Wildman–Crippen LogP) is 3.80. The Labute approximate surface area is 163 Å². The van der Waals surface area contributed by atoms with Gasteiger partial charge in [-0.25, -0.2) is 0 Å². The Morgan fingerprint density at radius 1 is 1.30 bits per heavy atom. The van der Waals surface area contributed by atoms with Crippen LogP contribution in [-0.2, 0) is 9.59 Å². The summed E-state index contributed by atoms with van der Waals surface area (Å²) in [6.45, 7) is 2.39. The van der Waals surface area contributed by atoms with E-state index >= 15 is 0 Å². The number of nitrogens with zero attached hydrogens (tertiary/aromatic N) is 1. The lowest BCUT2D eigenvalue weighted by molar-refractivity contribution is -0.118. The first-order valence-electron chi connectivity index (χ1n) is 8.65. The van der Waals surface area contributed by atoms with Crippen LogP contribution >= 0.6 is 11.6 Å². The van der Waals surface area contributed by atoms with Crippen LogP contribution in [0.25, 0.3) is 0 Å². The highest BCUT2D eigenvalue weighted by Gasteiger charge is 2.22. The Balaban J connectivity index is 1.63. The number of nitrogens with one attached hydrogen (secondary N) is 1. The smallest absolute Gasteiger partial charge is 0.262 e. The average Bonchev–Trinajstić information content (AvgIpc) is 3.09. The number of hydrogen-bond acceptors (Lipinski definition) is 4. The molecule has 0 radical (unpaired) electrons. The minimum Gasteiger partial charge on any atom is -0.495 e. The quantitative estimate of drug-likeness (QED) is 0.817. The number of carbonyl (C=O) groups excluding carboxylic acids is 2. The molecule has 142 valence electrons. The van der Waals surface area contributed by atoms with Crippen molar-refractivity contribution >= 4 is 34.8 Å². The van der Waals surface area contributed by atoms with Gasteiger partial charge in [0.05, 0.1) is 12.8 Å². The molecule has 2 aromatic carbocycles. The third-order valence-corrected chi connectivity index (χ3v) is 4.73. The second-order valence-electron chi connectivity index (χ2n) is 6.28. The van der Waals surface area contributed by atoms with Crippen molar-refractivity contribution in [2.45, 2.75) is 19.8 Å². The van der Waals surface area contributed by atoms with Crippen molar-refractivity contribution in [2.24, 2.45) is 0 Å². The Bertz CT molecular complexity index is 869. The number of carbonyl (C=O) groups is 2. The van der Waals surface area contributed by atoms with E-state index in [4.69, 9.17) is 21.1 Å². The molecule has 2 aromatic rings. The van der Waals surface area contributed by atoms with E-state index < -0.39 is 0 Å². The molecule has 1 aliphatic rings. The summed E-state index contributed by atoms with van der Waals surface area (Å²) < 4.78 is 10.8. The molecule has 0 unspecified atom stereocenters. The number of rotatable bonds is 6. The number of hydrogen-bond donors (Lipinski definition) is 1. The molecule has 1 heterocycles. The summed E-state index contributed by atoms with van der Waals surface area (Å²) in [6, 6.07) is 10.6. The molecule has 1 aliphatic heterocycles. The third kappa shape index (κ3) is 4.52. The molecule has 0 aromatic heterocycles. The van der Waals surface area contributed by atoms with Gasteiger partial charge in [0.2, 0.25) is 5.91 Å². The maximum absolute atomic E-state index is 12.3. The second-order valence-corrected chi connectivity index (χ2v) is 6.69. The first-order chi connectivity index (χ1) is 13.0. The van der Waals surface area contributed by atoms with E-state index in [-0.39, 0.29) is 18.4 Å². The largest absolute Gasteiger partial charge is 0.495 e. The number of anilines is 2. The fourth-order valence-electron chi connectivity index (χ4n) is 2.93. The number of amides is 2. The average molecular weight is 389 g/mol. The number of aryl methyl sites for hydroxylation is 1. The van der Waals surface area contributed by atoms with E-state index in [1.165, 1.54) is 7.11 Å². The van der Waals surface area contributed by atoms with Crippen LogP contribution in [0.3, 0.4) is 0 Å². The van der Waals surface area contributed by atoms with Crippen molar-refractivity contribution in [3.63, 3.8) is 0 Å². The topological polar surface area (TPSA) is 67.9 Å². The normalized spacial score (nSPS) is 13.6. The molecule has 0 saturated carbocycles. The van der Waals surface area contributed by atoms with Gasteiger partial charge in [-0.05, 0) is 37.1 Å². The molecule has 1 saturated heterocycles. The minimum atomic E-state index is -0.322. The van der Waals surface area contributed by atoms with E-state index in [1.807, 2.05) is 13.0 Å². The zero-order chi connectivity index (χ0) is 19.4. The zero-order valence-corrected chi connectivity index (χ0v) is 16.0. The van der Waals surface area contributed by atoms with Crippen LogP contribution in [-0.4, -0.2) is 32.1 Å². The number of halogens is 1. The highest BCUT2D eigenvalue weighted by Crippen LogP contribution is 2.31. The van der Waals surface area contributed by atoms with Crippen LogP contribution < -0.4 is 19.7 Å². The Morgan fingerprint density at radius 3 is 2.81 bits per heavy atom. The van der Waals surface area contributed by atoms with Crippen LogP contribution in [0.15, 0.2) is 36.4 Å². The van der Waals surface area contributed by atoms with Crippen molar-refractivity contribution in [2.75, 3.05) is 30.5 Å². The molecule has 2 amide bonds. The van der Waals surface area contributed by atoms with Crippen molar-refractivity contribution in [1.82, 2.24) is 0 Å². The van der Waals surface area contributed by atoms with Crippen LogP contribution in [0.5, 0.6) is 11.5 Å². The van der Waals surface area contributed by atoms with Gasteiger partial charge in [-0.3, -0.25) is 9.59 Å². The molecule has 1 fully saturated rings. The lowest BCUT2D eigenvalue weighted by Gasteiger charge is -2.17. The molecule has 3 rings (SSSR count). The van der Waals surface area contributed by atoms with Gasteiger partial charge in [-0.15, -0.1) is 0 Å². The Hall–Kier alpha value is -2.73. The van der Waals surface area contributed by atoms with E-state index in [0.717, 1.165) is 17.7 Å². The molecule has 1 N–H and O–H groups in total. The highest BCUT2D eigenvalue weighted by atomic mass is 35.5. The van der Waals surface area contributed by atoms with Crippen molar-refractivity contribution < 1.29 is 19.1 Å². The molecule has 0 aliphatic carbocycles. The fraction of sp³-hybridized carbons (Fsp3) is 0.300. The first kappa shape index (κ1) is 19.0. The predicted molar refractivity (Wildman–Crippen MR) is 105 cm³/mol. The molecule has 27 heavy (non-hydrogen) atoms. The maximum atomic E-state index is 12.3. The summed E-state index contributed by atoms with van der Waals surface area (Å²) in [4.78, 5) is 25.9. The van der Waals surface area contributed by atoms with Gasteiger partial charge in [0, 0.05) is 35.8 Å². The van der Waals surface area contributed by atoms with E-state index in [9.17, 15) is 9.59 Å².